The zero-order valence-electron chi connectivity index (χ0n) is 15.3. The molecule has 1 heterocycles. The molecule has 0 spiro atoms. The van der Waals surface area contributed by atoms with Crippen molar-refractivity contribution in [2.24, 2.45) is 0 Å². The first-order valence-corrected chi connectivity index (χ1v) is 10.2. The minimum atomic E-state index is -0.135. The van der Waals surface area contributed by atoms with Crippen LogP contribution in [-0.4, -0.2) is 49.9 Å². The van der Waals surface area contributed by atoms with Crippen molar-refractivity contribution in [3.05, 3.63) is 54.1 Å². The molecule has 0 saturated heterocycles. The number of rotatable bonds is 9. The Hall–Kier alpha value is -1.69. The monoisotopic (exact) mass is 373 g/mol. The van der Waals surface area contributed by atoms with E-state index in [0.29, 0.717) is 19.6 Å². The number of nitrogens with zero attached hydrogens (tertiary/aromatic N) is 1. The first kappa shape index (κ1) is 19.1. The van der Waals surface area contributed by atoms with Crippen LogP contribution in [0, 0.1) is 0 Å². The van der Waals surface area contributed by atoms with E-state index >= 15 is 0 Å². The van der Waals surface area contributed by atoms with E-state index in [1.807, 2.05) is 43.0 Å². The molecule has 4 nitrogen and oxygen atoms in total. The van der Waals surface area contributed by atoms with E-state index in [1.54, 1.807) is 0 Å². The van der Waals surface area contributed by atoms with Gasteiger partial charge in [-0.3, -0.25) is 0 Å². The van der Waals surface area contributed by atoms with Crippen LogP contribution in [0.5, 0.6) is 5.75 Å². The van der Waals surface area contributed by atoms with Gasteiger partial charge in [0, 0.05) is 30.2 Å². The zero-order chi connectivity index (χ0) is 18.2. The van der Waals surface area contributed by atoms with Crippen LogP contribution in [0.2, 0.25) is 0 Å². The van der Waals surface area contributed by atoms with E-state index in [0.717, 1.165) is 30.2 Å². The third-order valence-corrected chi connectivity index (χ3v) is 5.49. The van der Waals surface area contributed by atoms with Crippen molar-refractivity contribution in [2.75, 3.05) is 43.6 Å². The minimum Gasteiger partial charge on any atom is -0.492 e. The topological polar surface area (TPSA) is 41.9 Å². The minimum absolute atomic E-state index is 0.0433. The molecule has 0 radical (unpaired) electrons. The maximum Gasteiger partial charge on any atom is 0.119 e. The molecule has 0 fully saturated rings. The van der Waals surface area contributed by atoms with Crippen molar-refractivity contribution in [3.63, 3.8) is 0 Å². The molecular formula is C21H27NO3S. The van der Waals surface area contributed by atoms with Crippen LogP contribution in [0.1, 0.15) is 12.5 Å². The van der Waals surface area contributed by atoms with E-state index in [9.17, 15) is 5.11 Å². The van der Waals surface area contributed by atoms with Crippen molar-refractivity contribution < 1.29 is 14.6 Å². The molecule has 140 valence electrons. The summed E-state index contributed by atoms with van der Waals surface area (Å²) in [6.07, 6.45) is 0.580. The number of aliphatic hydroxyl groups excluding tert-OH is 1. The fraction of sp³-hybridized carbons (Fsp3) is 0.429. The summed E-state index contributed by atoms with van der Waals surface area (Å²) in [6.45, 7) is 5.21. The average Bonchev–Trinajstić information content (AvgIpc) is 2.69. The molecule has 0 aromatic heterocycles. The van der Waals surface area contributed by atoms with E-state index in [4.69, 9.17) is 9.47 Å². The van der Waals surface area contributed by atoms with Gasteiger partial charge in [-0.15, -0.1) is 11.8 Å². The summed E-state index contributed by atoms with van der Waals surface area (Å²) in [5.74, 6) is 2.00. The van der Waals surface area contributed by atoms with E-state index in [-0.39, 0.29) is 12.7 Å². The van der Waals surface area contributed by atoms with E-state index in [1.165, 1.54) is 10.6 Å². The molecular weight excluding hydrogens is 346 g/mol. The number of thioether (sulfide) groups is 1. The lowest BCUT2D eigenvalue weighted by Crippen LogP contribution is -2.33. The van der Waals surface area contributed by atoms with Gasteiger partial charge < -0.3 is 19.5 Å². The Morgan fingerprint density at radius 1 is 1.15 bits per heavy atom. The molecule has 2 aromatic rings. The molecule has 0 aliphatic carbocycles. The molecule has 0 bridgehead atoms. The van der Waals surface area contributed by atoms with Crippen LogP contribution < -0.4 is 9.64 Å². The van der Waals surface area contributed by atoms with Gasteiger partial charge in [0.15, 0.2) is 0 Å². The number of aliphatic hydroxyl groups is 1. The second-order valence-corrected chi connectivity index (χ2v) is 7.40. The summed E-state index contributed by atoms with van der Waals surface area (Å²) >= 11 is 1.92. The fourth-order valence-corrected chi connectivity index (χ4v) is 4.18. The fourth-order valence-electron chi connectivity index (χ4n) is 3.13. The molecule has 5 heteroatoms. The number of para-hydroxylation sites is 1. The normalized spacial score (nSPS) is 14.8. The van der Waals surface area contributed by atoms with Gasteiger partial charge in [0.05, 0.1) is 24.9 Å². The van der Waals surface area contributed by atoms with Gasteiger partial charge in [-0.25, -0.2) is 0 Å². The number of hydrogen-bond acceptors (Lipinski definition) is 5. The van der Waals surface area contributed by atoms with Crippen LogP contribution >= 0.6 is 11.8 Å². The number of anilines is 1. The lowest BCUT2D eigenvalue weighted by molar-refractivity contribution is 0.0207. The summed E-state index contributed by atoms with van der Waals surface area (Å²) in [7, 11) is 0. The summed E-state index contributed by atoms with van der Waals surface area (Å²) in [5, 5.41) is 9.33. The van der Waals surface area contributed by atoms with Gasteiger partial charge in [0.2, 0.25) is 0 Å². The third kappa shape index (κ3) is 5.16. The molecule has 1 aliphatic heterocycles. The van der Waals surface area contributed by atoms with Crippen LogP contribution in [0.25, 0.3) is 0 Å². The lowest BCUT2D eigenvalue weighted by atomic mass is 10.1. The smallest absolute Gasteiger partial charge is 0.119 e. The van der Waals surface area contributed by atoms with Crippen LogP contribution in [-0.2, 0) is 11.2 Å². The average molecular weight is 374 g/mol. The molecule has 3 rings (SSSR count). The van der Waals surface area contributed by atoms with Gasteiger partial charge in [-0.2, -0.15) is 0 Å². The van der Waals surface area contributed by atoms with Crippen LogP contribution in [0.3, 0.4) is 0 Å². The number of ether oxygens (including phenoxy) is 2. The Bertz CT molecular complexity index is 677. The molecule has 1 atom stereocenters. The highest BCUT2D eigenvalue weighted by molar-refractivity contribution is 7.99. The first-order chi connectivity index (χ1) is 12.8. The van der Waals surface area contributed by atoms with Gasteiger partial charge in [0.25, 0.3) is 0 Å². The number of benzene rings is 2. The Balaban J connectivity index is 1.48. The Morgan fingerprint density at radius 3 is 2.73 bits per heavy atom. The number of hydrogen-bond donors (Lipinski definition) is 1. The Kier molecular flexibility index (Phi) is 7.23. The van der Waals surface area contributed by atoms with Gasteiger partial charge in [0.1, 0.15) is 12.4 Å². The molecule has 2 aromatic carbocycles. The molecule has 0 amide bonds. The van der Waals surface area contributed by atoms with E-state index < -0.39 is 0 Å². The zero-order valence-corrected chi connectivity index (χ0v) is 16.1. The van der Waals surface area contributed by atoms with Crippen molar-refractivity contribution >= 4 is 17.4 Å². The van der Waals surface area contributed by atoms with Crippen LogP contribution in [0.4, 0.5) is 5.69 Å². The van der Waals surface area contributed by atoms with Gasteiger partial charge in [-0.05, 0) is 36.8 Å². The van der Waals surface area contributed by atoms with Crippen molar-refractivity contribution in [1.82, 2.24) is 0 Å². The SMILES string of the molecule is CCO[C@H](CO)Cc1ccc(OCCN2CCSc3ccccc32)cc1. The summed E-state index contributed by atoms with van der Waals surface area (Å²) in [5.41, 5.74) is 2.46. The number of fused-ring (bicyclic) bond motifs is 1. The quantitative estimate of drug-likeness (QED) is 0.727. The van der Waals surface area contributed by atoms with Crippen molar-refractivity contribution in [1.29, 1.82) is 0 Å². The Morgan fingerprint density at radius 2 is 1.96 bits per heavy atom. The predicted octanol–water partition coefficient (Wildman–Crippen LogP) is 3.62. The highest BCUT2D eigenvalue weighted by Crippen LogP contribution is 2.33. The van der Waals surface area contributed by atoms with Crippen LogP contribution in [0.15, 0.2) is 53.4 Å². The summed E-state index contributed by atoms with van der Waals surface area (Å²) in [4.78, 5) is 3.75. The maximum atomic E-state index is 9.33. The highest BCUT2D eigenvalue weighted by Gasteiger charge is 2.16. The molecule has 0 unspecified atom stereocenters. The predicted molar refractivity (Wildman–Crippen MR) is 108 cm³/mol. The van der Waals surface area contributed by atoms with Gasteiger partial charge >= 0.3 is 0 Å². The van der Waals surface area contributed by atoms with Gasteiger partial charge in [-0.1, -0.05) is 24.3 Å². The third-order valence-electron chi connectivity index (χ3n) is 4.45. The molecule has 0 saturated carbocycles. The molecule has 1 N–H and O–H groups in total. The Labute approximate surface area is 160 Å². The second-order valence-electron chi connectivity index (χ2n) is 6.26. The van der Waals surface area contributed by atoms with Crippen molar-refractivity contribution in [2.45, 2.75) is 24.3 Å². The largest absolute Gasteiger partial charge is 0.492 e. The first-order valence-electron chi connectivity index (χ1n) is 9.21. The van der Waals surface area contributed by atoms with E-state index in [2.05, 4.69) is 29.2 Å². The standard InChI is InChI=1S/C21H27NO3S/c1-2-24-19(16-23)15-17-7-9-18(10-8-17)25-13-11-22-12-14-26-21-6-4-3-5-20(21)22/h3-10,19,23H,2,11-16H2,1H3/t19-/m0/s1. The molecule has 26 heavy (non-hydrogen) atoms. The maximum absolute atomic E-state index is 9.33. The highest BCUT2D eigenvalue weighted by atomic mass is 32.2. The second kappa shape index (κ2) is 9.86. The lowest BCUT2D eigenvalue weighted by Gasteiger charge is -2.30. The summed E-state index contributed by atoms with van der Waals surface area (Å²) < 4.78 is 11.4. The molecule has 1 aliphatic rings. The summed E-state index contributed by atoms with van der Waals surface area (Å²) in [6, 6.07) is 16.7. The van der Waals surface area contributed by atoms with Crippen molar-refractivity contribution in [3.8, 4) is 5.75 Å².